The third kappa shape index (κ3) is 4.08. The Kier molecular flexibility index (Phi) is 5.02. The van der Waals surface area contributed by atoms with E-state index in [0.717, 1.165) is 0 Å². The molecule has 1 aromatic carbocycles. The van der Waals surface area contributed by atoms with Crippen LogP contribution in [-0.2, 0) is 19.6 Å². The molecular weight excluding hydrogens is 322 g/mol. The number of carbonyl (C=O) groups is 1. The fraction of sp³-hybridized carbons (Fsp3) is 0.286. The number of nitrogens with one attached hydrogen (secondary N) is 2. The molecule has 1 heterocycles. The highest BCUT2D eigenvalue weighted by molar-refractivity contribution is 7.92. The largest absolute Gasteiger partial charge is 0.375 e. The predicted molar refractivity (Wildman–Crippen MR) is 83.7 cm³/mol. The van der Waals surface area contributed by atoms with E-state index in [1.165, 1.54) is 20.1 Å². The number of hydrogen-bond acceptors (Lipinski definition) is 6. The standard InChI is InChI=1S/C14H17N3O5S/c1-9-14(10(2)22-16-9)23(19,20)17-12-6-4-5-11(7-12)15-13(18)8-21-3/h4-7,17H,8H2,1-3H3,(H,15,18). The Labute approximate surface area is 133 Å². The maximum absolute atomic E-state index is 12.4. The number of rotatable bonds is 6. The first kappa shape index (κ1) is 17.0. The molecule has 9 heteroatoms. The van der Waals surface area contributed by atoms with Crippen molar-refractivity contribution < 1.29 is 22.5 Å². The number of benzene rings is 1. The molecule has 2 rings (SSSR count). The Morgan fingerprint density at radius 2 is 2.00 bits per heavy atom. The monoisotopic (exact) mass is 339 g/mol. The van der Waals surface area contributed by atoms with Gasteiger partial charge in [0.15, 0.2) is 10.7 Å². The molecule has 0 saturated heterocycles. The van der Waals surface area contributed by atoms with Gasteiger partial charge in [-0.3, -0.25) is 9.52 Å². The highest BCUT2D eigenvalue weighted by Crippen LogP contribution is 2.23. The molecule has 0 radical (unpaired) electrons. The van der Waals surface area contributed by atoms with Crippen LogP contribution < -0.4 is 10.0 Å². The number of amides is 1. The van der Waals surface area contributed by atoms with Crippen molar-refractivity contribution in [3.05, 3.63) is 35.7 Å². The molecule has 0 spiro atoms. The van der Waals surface area contributed by atoms with Crippen molar-refractivity contribution >= 4 is 27.3 Å². The van der Waals surface area contributed by atoms with Gasteiger partial charge in [-0.25, -0.2) is 8.42 Å². The molecule has 1 amide bonds. The van der Waals surface area contributed by atoms with Crippen LogP contribution in [0.4, 0.5) is 11.4 Å². The van der Waals surface area contributed by atoms with Crippen LogP contribution in [-0.4, -0.2) is 33.2 Å². The summed E-state index contributed by atoms with van der Waals surface area (Å²) in [6.45, 7) is 2.98. The number of hydrogen-bond donors (Lipinski definition) is 2. The normalized spacial score (nSPS) is 11.3. The highest BCUT2D eigenvalue weighted by Gasteiger charge is 2.24. The van der Waals surface area contributed by atoms with Gasteiger partial charge in [0.05, 0.1) is 5.69 Å². The lowest BCUT2D eigenvalue weighted by atomic mass is 10.3. The third-order valence-corrected chi connectivity index (χ3v) is 4.54. The number of methoxy groups -OCH3 is 1. The van der Waals surface area contributed by atoms with Crippen LogP contribution in [0.3, 0.4) is 0 Å². The van der Waals surface area contributed by atoms with Gasteiger partial charge >= 0.3 is 0 Å². The van der Waals surface area contributed by atoms with Gasteiger partial charge < -0.3 is 14.6 Å². The number of nitrogens with zero attached hydrogens (tertiary/aromatic N) is 1. The topological polar surface area (TPSA) is 111 Å². The van der Waals surface area contributed by atoms with Gasteiger partial charge in [0.1, 0.15) is 12.3 Å². The van der Waals surface area contributed by atoms with Gasteiger partial charge in [0.25, 0.3) is 10.0 Å². The van der Waals surface area contributed by atoms with Crippen molar-refractivity contribution in [2.75, 3.05) is 23.8 Å². The second kappa shape index (κ2) is 6.80. The van der Waals surface area contributed by atoms with E-state index in [1.54, 1.807) is 25.1 Å². The van der Waals surface area contributed by atoms with Gasteiger partial charge in [-0.05, 0) is 32.0 Å². The average molecular weight is 339 g/mol. The average Bonchev–Trinajstić information content (AvgIpc) is 2.78. The van der Waals surface area contributed by atoms with Gasteiger partial charge in [-0.2, -0.15) is 0 Å². The van der Waals surface area contributed by atoms with E-state index < -0.39 is 10.0 Å². The molecule has 0 fully saturated rings. The Balaban J connectivity index is 2.22. The summed E-state index contributed by atoms with van der Waals surface area (Å²) in [5, 5.41) is 6.23. The predicted octanol–water partition coefficient (Wildman–Crippen LogP) is 1.68. The number of anilines is 2. The molecule has 0 aliphatic rings. The first-order valence-electron chi connectivity index (χ1n) is 6.68. The van der Waals surface area contributed by atoms with E-state index in [9.17, 15) is 13.2 Å². The van der Waals surface area contributed by atoms with Crippen LogP contribution >= 0.6 is 0 Å². The number of ether oxygens (including phenoxy) is 1. The fourth-order valence-electron chi connectivity index (χ4n) is 2.05. The minimum Gasteiger partial charge on any atom is -0.375 e. The first-order chi connectivity index (χ1) is 10.8. The second-order valence-electron chi connectivity index (χ2n) is 4.82. The van der Waals surface area contributed by atoms with E-state index in [2.05, 4.69) is 15.2 Å². The van der Waals surface area contributed by atoms with Gasteiger partial charge in [-0.15, -0.1) is 0 Å². The van der Waals surface area contributed by atoms with Crippen LogP contribution in [0, 0.1) is 13.8 Å². The zero-order valence-corrected chi connectivity index (χ0v) is 13.7. The minimum atomic E-state index is -3.83. The van der Waals surface area contributed by atoms with Crippen molar-refractivity contribution in [1.82, 2.24) is 5.16 Å². The number of aryl methyl sites for hydroxylation is 2. The Morgan fingerprint density at radius 1 is 1.30 bits per heavy atom. The zero-order valence-electron chi connectivity index (χ0n) is 12.9. The van der Waals surface area contributed by atoms with Crippen LogP contribution in [0.25, 0.3) is 0 Å². The summed E-state index contributed by atoms with van der Waals surface area (Å²) in [4.78, 5) is 11.5. The van der Waals surface area contributed by atoms with Crippen molar-refractivity contribution in [2.45, 2.75) is 18.7 Å². The van der Waals surface area contributed by atoms with Crippen molar-refractivity contribution in [1.29, 1.82) is 0 Å². The second-order valence-corrected chi connectivity index (χ2v) is 6.44. The SMILES string of the molecule is COCC(=O)Nc1cccc(NS(=O)(=O)c2c(C)noc2C)c1. The van der Waals surface area contributed by atoms with E-state index in [1.807, 2.05) is 0 Å². The van der Waals surface area contributed by atoms with Crippen molar-refractivity contribution in [3.63, 3.8) is 0 Å². The lowest BCUT2D eigenvalue weighted by Gasteiger charge is -2.10. The molecule has 0 saturated carbocycles. The van der Waals surface area contributed by atoms with Gasteiger partial charge in [0, 0.05) is 12.8 Å². The molecule has 124 valence electrons. The quantitative estimate of drug-likeness (QED) is 0.828. The molecule has 0 unspecified atom stereocenters. The summed E-state index contributed by atoms with van der Waals surface area (Å²) in [7, 11) is -2.42. The van der Waals surface area contributed by atoms with Crippen molar-refractivity contribution in [2.24, 2.45) is 0 Å². The lowest BCUT2D eigenvalue weighted by molar-refractivity contribution is -0.119. The molecule has 1 aromatic heterocycles. The summed E-state index contributed by atoms with van der Waals surface area (Å²) >= 11 is 0. The molecule has 2 aromatic rings. The molecule has 23 heavy (non-hydrogen) atoms. The Hall–Kier alpha value is -2.39. The third-order valence-electron chi connectivity index (χ3n) is 2.91. The summed E-state index contributed by atoms with van der Waals surface area (Å²) in [6.07, 6.45) is 0. The smallest absolute Gasteiger partial charge is 0.267 e. The fourth-order valence-corrected chi connectivity index (χ4v) is 3.43. The van der Waals surface area contributed by atoms with Crippen LogP contribution in [0.1, 0.15) is 11.5 Å². The minimum absolute atomic E-state index is 0.00585. The number of sulfonamides is 1. The summed E-state index contributed by atoms with van der Waals surface area (Å²) in [6, 6.07) is 6.33. The van der Waals surface area contributed by atoms with Crippen LogP contribution in [0.2, 0.25) is 0 Å². The Bertz CT molecular complexity index is 794. The molecular formula is C14H17N3O5S. The summed E-state index contributed by atoms with van der Waals surface area (Å²) in [5.41, 5.74) is 1.03. The van der Waals surface area contributed by atoms with Gasteiger partial charge in [0.2, 0.25) is 5.91 Å². The maximum atomic E-state index is 12.4. The van der Waals surface area contributed by atoms with E-state index >= 15 is 0 Å². The molecule has 0 atom stereocenters. The lowest BCUT2D eigenvalue weighted by Crippen LogP contribution is -2.18. The molecule has 8 nitrogen and oxygen atoms in total. The van der Waals surface area contributed by atoms with Crippen LogP contribution in [0.5, 0.6) is 0 Å². The van der Waals surface area contributed by atoms with E-state index in [0.29, 0.717) is 11.4 Å². The molecule has 2 N–H and O–H groups in total. The first-order valence-corrected chi connectivity index (χ1v) is 8.16. The van der Waals surface area contributed by atoms with Crippen LogP contribution in [0.15, 0.2) is 33.7 Å². The zero-order chi connectivity index (χ0) is 17.0. The summed E-state index contributed by atoms with van der Waals surface area (Å²) in [5.74, 6) is -0.127. The number of carbonyl (C=O) groups excluding carboxylic acids is 1. The van der Waals surface area contributed by atoms with Crippen molar-refractivity contribution in [3.8, 4) is 0 Å². The summed E-state index contributed by atoms with van der Waals surface area (Å²) < 4.78 is 36.9. The maximum Gasteiger partial charge on any atom is 0.267 e. The van der Waals surface area contributed by atoms with E-state index in [4.69, 9.17) is 9.26 Å². The molecule has 0 bridgehead atoms. The van der Waals surface area contributed by atoms with Gasteiger partial charge in [-0.1, -0.05) is 11.2 Å². The Morgan fingerprint density at radius 3 is 2.61 bits per heavy atom. The molecule has 0 aliphatic heterocycles. The molecule has 0 aliphatic carbocycles. The number of aromatic nitrogens is 1. The van der Waals surface area contributed by atoms with E-state index in [-0.39, 0.29) is 28.9 Å². The highest BCUT2D eigenvalue weighted by atomic mass is 32.2.